The number of aryl methyl sites for hydroxylation is 2. The van der Waals surface area contributed by atoms with Gasteiger partial charge in [-0.3, -0.25) is 9.98 Å². The van der Waals surface area contributed by atoms with E-state index in [1.807, 2.05) is 0 Å². The molecule has 0 atom stereocenters. The topological polar surface area (TPSA) is 175 Å². The van der Waals surface area contributed by atoms with E-state index in [-0.39, 0.29) is 61.7 Å². The van der Waals surface area contributed by atoms with E-state index < -0.39 is 11.9 Å². The van der Waals surface area contributed by atoms with Gasteiger partial charge in [0.25, 0.3) is 0 Å². The van der Waals surface area contributed by atoms with Gasteiger partial charge in [0.1, 0.15) is 0 Å². The van der Waals surface area contributed by atoms with E-state index in [1.54, 1.807) is 74.5 Å². The van der Waals surface area contributed by atoms with Crippen LogP contribution < -0.4 is 0 Å². The number of para-hydroxylation sites is 4. The van der Waals surface area contributed by atoms with Crippen LogP contribution in [0.2, 0.25) is 20.1 Å². The van der Waals surface area contributed by atoms with Crippen molar-refractivity contribution in [3.8, 4) is 23.1 Å². The Kier molecular flexibility index (Phi) is 13.5. The van der Waals surface area contributed by atoms with E-state index in [9.17, 15) is 30.0 Å². The van der Waals surface area contributed by atoms with Gasteiger partial charge in [-0.1, -0.05) is 82.8 Å². The monoisotopic (exact) mass is 830 g/mol. The van der Waals surface area contributed by atoms with Crippen LogP contribution in [0.4, 0.5) is 11.4 Å². The Bertz CT molecular complexity index is 2230. The molecule has 0 saturated carbocycles. The molecular formula is C36H26Cl4CrN6O6. The van der Waals surface area contributed by atoms with E-state index in [2.05, 4.69) is 20.2 Å². The third kappa shape index (κ3) is 8.92. The molecule has 0 bridgehead atoms. The van der Waals surface area contributed by atoms with E-state index in [4.69, 9.17) is 46.4 Å². The molecule has 6 rings (SSSR count). The Morgan fingerprint density at radius 3 is 1.26 bits per heavy atom. The van der Waals surface area contributed by atoms with Crippen molar-refractivity contribution in [3.63, 3.8) is 0 Å². The Hall–Kier alpha value is -5.13. The molecule has 6 aromatic rings. The number of aromatic carboxylic acids is 2. The fourth-order valence-electron chi connectivity index (χ4n) is 4.84. The number of carbonyl (C=O) groups is 2. The molecule has 0 unspecified atom stereocenters. The summed E-state index contributed by atoms with van der Waals surface area (Å²) in [5, 5.41) is 49.3. The van der Waals surface area contributed by atoms with Gasteiger partial charge in [0.15, 0.2) is 0 Å². The first-order chi connectivity index (χ1) is 24.8. The largest absolute Gasteiger partial charge is 0.493 e. The number of aliphatic imine (C=N–C) groups is 2. The third-order valence-electron chi connectivity index (χ3n) is 7.40. The predicted octanol–water partition coefficient (Wildman–Crippen LogP) is 9.28. The number of aromatic hydroxyl groups is 2. The number of rotatable bonds is 8. The molecule has 0 aliphatic rings. The number of nitrogens with zero attached hydrogens (tertiary/aromatic N) is 6. The number of hydrogen-bond donors (Lipinski definition) is 4. The van der Waals surface area contributed by atoms with Crippen molar-refractivity contribution in [1.82, 2.24) is 19.6 Å². The summed E-state index contributed by atoms with van der Waals surface area (Å²) in [6.07, 6.45) is 2.66. The minimum atomic E-state index is -1.15. The minimum Gasteiger partial charge on any atom is -0.493 e. The van der Waals surface area contributed by atoms with Crippen LogP contribution >= 0.6 is 46.4 Å². The molecule has 0 amide bonds. The molecule has 0 saturated heterocycles. The Labute approximate surface area is 333 Å². The molecule has 0 aliphatic carbocycles. The van der Waals surface area contributed by atoms with E-state index in [0.29, 0.717) is 43.9 Å². The van der Waals surface area contributed by atoms with Gasteiger partial charge >= 0.3 is 11.9 Å². The molecule has 12 nitrogen and oxygen atoms in total. The summed E-state index contributed by atoms with van der Waals surface area (Å²) in [7, 11) is 0. The molecule has 17 heteroatoms. The van der Waals surface area contributed by atoms with Crippen molar-refractivity contribution < 1.29 is 47.4 Å². The molecule has 0 spiro atoms. The number of carboxylic acids is 2. The molecule has 0 fully saturated rings. The summed E-state index contributed by atoms with van der Waals surface area (Å²) in [6, 6.07) is 22.8. The van der Waals surface area contributed by atoms with Crippen LogP contribution in [0.15, 0.2) is 94.9 Å². The summed E-state index contributed by atoms with van der Waals surface area (Å²) >= 11 is 24.4. The smallest absolute Gasteiger partial charge is 0.337 e. The normalized spacial score (nSPS) is 11.0. The standard InChI is InChI=1S/2C18H13Cl2N3O3.Cr/c2*1-10-12(9-21-16-11(18(25)26)5-4-7-14(16)20)17(24)23(22-10)15-8-3-2-6-13(15)19;/h2*2-9,24H,1H3,(H,25,26);. The fourth-order valence-corrected chi connectivity index (χ4v) is 5.71. The first kappa shape index (κ1) is 40.6. The average molecular weight is 832 g/mol. The van der Waals surface area contributed by atoms with Gasteiger partial charge in [0, 0.05) is 29.8 Å². The van der Waals surface area contributed by atoms with Crippen LogP contribution in [0.3, 0.4) is 0 Å². The third-order valence-corrected chi connectivity index (χ3v) is 8.65. The van der Waals surface area contributed by atoms with Gasteiger partial charge in [0.2, 0.25) is 11.8 Å². The molecule has 4 aromatic carbocycles. The molecule has 4 N–H and O–H groups in total. The number of hydrogen-bond acceptors (Lipinski definition) is 8. The van der Waals surface area contributed by atoms with Crippen molar-refractivity contribution in [2.75, 3.05) is 0 Å². The van der Waals surface area contributed by atoms with Crippen LogP contribution in [-0.4, -0.2) is 64.4 Å². The number of benzene rings is 4. The molecule has 0 aliphatic heterocycles. The molecule has 53 heavy (non-hydrogen) atoms. The Morgan fingerprint density at radius 2 is 0.925 bits per heavy atom. The second kappa shape index (κ2) is 17.6. The van der Waals surface area contributed by atoms with Crippen LogP contribution in [0.25, 0.3) is 11.4 Å². The minimum absolute atomic E-state index is 0. The predicted molar refractivity (Wildman–Crippen MR) is 201 cm³/mol. The summed E-state index contributed by atoms with van der Waals surface area (Å²) < 4.78 is 2.59. The average Bonchev–Trinajstić information content (AvgIpc) is 3.55. The summed E-state index contributed by atoms with van der Waals surface area (Å²) in [5.74, 6) is -2.62. The molecule has 2 aromatic heterocycles. The SMILES string of the molecule is Cc1nn(-c2ccccc2Cl)c(O)c1C=Nc1c(Cl)cccc1C(=O)O.Cc1nn(-c2ccccc2Cl)c(O)c1C=Nc1c(Cl)cccc1C(=O)O.[Cr]. The Balaban J connectivity index is 0.000000232. The fraction of sp³-hybridized carbons (Fsp3) is 0.0556. The van der Waals surface area contributed by atoms with Gasteiger partial charge in [-0.2, -0.15) is 19.6 Å². The maximum Gasteiger partial charge on any atom is 0.337 e. The quantitative estimate of drug-likeness (QED) is 0.110. The number of carboxylic acid groups (broad SMARTS) is 2. The number of halogens is 4. The maximum absolute atomic E-state index is 11.3. The zero-order chi connectivity index (χ0) is 37.7. The molecule has 270 valence electrons. The van der Waals surface area contributed by atoms with Crippen LogP contribution in [-0.2, 0) is 17.4 Å². The van der Waals surface area contributed by atoms with Crippen molar-refractivity contribution in [1.29, 1.82) is 0 Å². The van der Waals surface area contributed by atoms with Gasteiger partial charge in [-0.05, 0) is 62.4 Å². The van der Waals surface area contributed by atoms with E-state index in [0.717, 1.165) is 0 Å². The van der Waals surface area contributed by atoms with Crippen molar-refractivity contribution >= 4 is 82.1 Å². The van der Waals surface area contributed by atoms with Crippen LogP contribution in [0.1, 0.15) is 43.2 Å². The summed E-state index contributed by atoms with van der Waals surface area (Å²) in [4.78, 5) is 31.0. The second-order valence-electron chi connectivity index (χ2n) is 10.8. The van der Waals surface area contributed by atoms with Crippen molar-refractivity contribution in [2.45, 2.75) is 13.8 Å². The zero-order valence-corrected chi connectivity index (χ0v) is 31.7. The molecule has 0 radical (unpaired) electrons. The summed E-state index contributed by atoms with van der Waals surface area (Å²) in [6.45, 7) is 3.39. The van der Waals surface area contributed by atoms with Gasteiger partial charge in [-0.15, -0.1) is 0 Å². The Morgan fingerprint density at radius 1 is 0.585 bits per heavy atom. The van der Waals surface area contributed by atoms with E-state index in [1.165, 1.54) is 46.1 Å². The number of aromatic nitrogens is 4. The van der Waals surface area contributed by atoms with Crippen LogP contribution in [0.5, 0.6) is 11.8 Å². The van der Waals surface area contributed by atoms with Crippen LogP contribution in [0, 0.1) is 13.8 Å². The second-order valence-corrected chi connectivity index (χ2v) is 12.4. The van der Waals surface area contributed by atoms with E-state index >= 15 is 0 Å². The first-order valence-electron chi connectivity index (χ1n) is 15.0. The van der Waals surface area contributed by atoms with Gasteiger partial charge in [0.05, 0.1) is 76.5 Å². The van der Waals surface area contributed by atoms with Crippen molar-refractivity contribution in [3.05, 3.63) is 139 Å². The first-order valence-corrected chi connectivity index (χ1v) is 16.5. The van der Waals surface area contributed by atoms with Gasteiger partial charge in [-0.25, -0.2) is 9.59 Å². The summed E-state index contributed by atoms with van der Waals surface area (Å²) in [5.41, 5.74) is 2.81. The van der Waals surface area contributed by atoms with Crippen molar-refractivity contribution in [2.24, 2.45) is 9.98 Å². The van der Waals surface area contributed by atoms with Gasteiger partial charge < -0.3 is 20.4 Å². The zero-order valence-electron chi connectivity index (χ0n) is 27.4. The molecular weight excluding hydrogens is 806 g/mol. The maximum atomic E-state index is 11.3. The molecule has 2 heterocycles.